The maximum Gasteiger partial charge on any atom is 0.352 e. The van der Waals surface area contributed by atoms with Crippen LogP contribution in [0.4, 0.5) is 0 Å². The highest BCUT2D eigenvalue weighted by Crippen LogP contribution is 1.89. The zero-order valence-electron chi connectivity index (χ0n) is 6.59. The molecule has 68 valence electrons. The molecular formula is C6H6ClN5O. The van der Waals surface area contributed by atoms with E-state index in [0.717, 1.165) is 0 Å². The molecule has 0 amide bonds. The summed E-state index contributed by atoms with van der Waals surface area (Å²) >= 11 is 5.48. The minimum absolute atomic E-state index is 0.275. The molecule has 2 heterocycles. The normalized spacial score (nSPS) is 10.8. The van der Waals surface area contributed by atoms with Gasteiger partial charge in [0.2, 0.25) is 0 Å². The van der Waals surface area contributed by atoms with Gasteiger partial charge in [-0.3, -0.25) is 0 Å². The van der Waals surface area contributed by atoms with Gasteiger partial charge in [0.15, 0.2) is 5.65 Å². The molecule has 0 spiro atoms. The second kappa shape index (κ2) is 3.14. The van der Waals surface area contributed by atoms with Gasteiger partial charge in [-0.2, -0.15) is 4.68 Å². The minimum Gasteiger partial charge on any atom is -0.245 e. The van der Waals surface area contributed by atoms with E-state index < -0.39 is 0 Å². The molecule has 0 aliphatic heterocycles. The number of aryl methyl sites for hydroxylation is 1. The first-order valence-electron chi connectivity index (χ1n) is 3.65. The van der Waals surface area contributed by atoms with Crippen LogP contribution in [-0.2, 0) is 6.54 Å². The summed E-state index contributed by atoms with van der Waals surface area (Å²) in [5.74, 6) is 0.328. The highest BCUT2D eigenvalue weighted by molar-refractivity contribution is 6.17. The molecule has 2 aromatic heterocycles. The van der Waals surface area contributed by atoms with Gasteiger partial charge in [0.1, 0.15) is 6.33 Å². The smallest absolute Gasteiger partial charge is 0.245 e. The molecule has 0 aliphatic carbocycles. The summed E-state index contributed by atoms with van der Waals surface area (Å²) < 4.78 is 2.52. The lowest BCUT2D eigenvalue weighted by atomic mass is 10.7. The number of nitrogens with zero attached hydrogens (tertiary/aromatic N) is 5. The average Bonchev–Trinajstić information content (AvgIpc) is 2.58. The van der Waals surface area contributed by atoms with E-state index in [9.17, 15) is 4.79 Å². The Morgan fingerprint density at radius 1 is 1.54 bits per heavy atom. The van der Waals surface area contributed by atoms with Crippen molar-refractivity contribution in [1.29, 1.82) is 0 Å². The van der Waals surface area contributed by atoms with Gasteiger partial charge in [-0.1, -0.05) is 5.21 Å². The van der Waals surface area contributed by atoms with E-state index >= 15 is 0 Å². The van der Waals surface area contributed by atoms with E-state index in [1.165, 1.54) is 21.6 Å². The molecule has 0 bridgehead atoms. The Labute approximate surface area is 77.8 Å². The minimum atomic E-state index is -0.275. The van der Waals surface area contributed by atoms with Crippen molar-refractivity contribution in [3.05, 3.63) is 23.0 Å². The summed E-state index contributed by atoms with van der Waals surface area (Å²) in [6.07, 6.45) is 2.87. The lowest BCUT2D eigenvalue weighted by molar-refractivity contribution is 0.546. The van der Waals surface area contributed by atoms with Crippen LogP contribution in [0.5, 0.6) is 0 Å². The van der Waals surface area contributed by atoms with Gasteiger partial charge in [0.05, 0.1) is 12.7 Å². The second-order valence-corrected chi connectivity index (χ2v) is 2.78. The Hall–Kier alpha value is -1.43. The molecule has 2 rings (SSSR count). The van der Waals surface area contributed by atoms with Crippen molar-refractivity contribution in [3.63, 3.8) is 0 Å². The SMILES string of the molecule is O=c1n(CCCl)nnc2cncn12. The van der Waals surface area contributed by atoms with Crippen LogP contribution in [0.3, 0.4) is 0 Å². The highest BCUT2D eigenvalue weighted by atomic mass is 35.5. The van der Waals surface area contributed by atoms with Crippen LogP contribution in [0.2, 0.25) is 0 Å². The first-order valence-corrected chi connectivity index (χ1v) is 4.18. The monoisotopic (exact) mass is 199 g/mol. The maximum atomic E-state index is 11.5. The fourth-order valence-corrected chi connectivity index (χ4v) is 1.15. The van der Waals surface area contributed by atoms with E-state index in [1.807, 2.05) is 0 Å². The molecule has 0 fully saturated rings. The first-order chi connectivity index (χ1) is 6.33. The molecule has 7 heteroatoms. The third-order valence-corrected chi connectivity index (χ3v) is 1.77. The number of hydrogen-bond donors (Lipinski definition) is 0. The van der Waals surface area contributed by atoms with Crippen LogP contribution < -0.4 is 5.69 Å². The van der Waals surface area contributed by atoms with E-state index in [4.69, 9.17) is 11.6 Å². The maximum absolute atomic E-state index is 11.5. The topological polar surface area (TPSA) is 65.1 Å². The second-order valence-electron chi connectivity index (χ2n) is 2.41. The van der Waals surface area contributed by atoms with Gasteiger partial charge in [0, 0.05) is 5.88 Å². The van der Waals surface area contributed by atoms with Gasteiger partial charge in [-0.05, 0) is 0 Å². The summed E-state index contributed by atoms with van der Waals surface area (Å²) in [6.45, 7) is 0.349. The third kappa shape index (κ3) is 1.29. The summed E-state index contributed by atoms with van der Waals surface area (Å²) in [5.41, 5.74) is 0.166. The van der Waals surface area contributed by atoms with Gasteiger partial charge in [-0.25, -0.2) is 14.2 Å². The summed E-state index contributed by atoms with van der Waals surface area (Å²) in [4.78, 5) is 15.3. The lowest BCUT2D eigenvalue weighted by Gasteiger charge is -1.99. The Morgan fingerprint density at radius 2 is 2.38 bits per heavy atom. The average molecular weight is 200 g/mol. The highest BCUT2D eigenvalue weighted by Gasteiger charge is 2.02. The number of alkyl halides is 1. The number of imidazole rings is 1. The lowest BCUT2D eigenvalue weighted by Crippen LogP contribution is -2.30. The molecular weight excluding hydrogens is 194 g/mol. The third-order valence-electron chi connectivity index (χ3n) is 1.60. The van der Waals surface area contributed by atoms with E-state index in [2.05, 4.69) is 15.3 Å². The molecule has 0 saturated carbocycles. The molecule has 0 radical (unpaired) electrons. The molecule has 0 N–H and O–H groups in total. The predicted octanol–water partition coefficient (Wildman–Crippen LogP) is -0.475. The van der Waals surface area contributed by atoms with Crippen molar-refractivity contribution >= 4 is 17.2 Å². The number of aromatic nitrogens is 5. The van der Waals surface area contributed by atoms with Crippen LogP contribution in [0, 0.1) is 0 Å². The molecule has 2 aromatic rings. The van der Waals surface area contributed by atoms with Gasteiger partial charge in [0.25, 0.3) is 0 Å². The Kier molecular flexibility index (Phi) is 1.97. The van der Waals surface area contributed by atoms with Crippen LogP contribution in [0.1, 0.15) is 0 Å². The molecule has 6 nitrogen and oxygen atoms in total. The molecule has 0 saturated heterocycles. The van der Waals surface area contributed by atoms with Crippen LogP contribution in [-0.4, -0.2) is 30.3 Å². The standard InChI is InChI=1S/C6H6ClN5O/c7-1-2-12-6(13)11-4-8-3-5(11)9-10-12/h3-4H,1-2H2. The molecule has 0 aromatic carbocycles. The van der Waals surface area contributed by atoms with Crippen molar-refractivity contribution < 1.29 is 0 Å². The molecule has 13 heavy (non-hydrogen) atoms. The quantitative estimate of drug-likeness (QED) is 0.613. The predicted molar refractivity (Wildman–Crippen MR) is 45.8 cm³/mol. The van der Waals surface area contributed by atoms with Crippen molar-refractivity contribution in [2.45, 2.75) is 6.54 Å². The van der Waals surface area contributed by atoms with Gasteiger partial charge in [-0.15, -0.1) is 16.7 Å². The van der Waals surface area contributed by atoms with E-state index in [-0.39, 0.29) is 5.69 Å². The van der Waals surface area contributed by atoms with Crippen molar-refractivity contribution in [2.24, 2.45) is 0 Å². The summed E-state index contributed by atoms with van der Waals surface area (Å²) in [7, 11) is 0. The van der Waals surface area contributed by atoms with Gasteiger partial charge < -0.3 is 0 Å². The molecule has 0 aliphatic rings. The number of hydrogen-bond acceptors (Lipinski definition) is 4. The number of rotatable bonds is 2. The largest absolute Gasteiger partial charge is 0.352 e. The van der Waals surface area contributed by atoms with Crippen molar-refractivity contribution in [1.82, 2.24) is 24.4 Å². The molecule has 0 unspecified atom stereocenters. The van der Waals surface area contributed by atoms with Crippen LogP contribution >= 0.6 is 11.6 Å². The number of halogens is 1. The van der Waals surface area contributed by atoms with Crippen molar-refractivity contribution in [3.8, 4) is 0 Å². The fourth-order valence-electron chi connectivity index (χ4n) is 0.992. The Morgan fingerprint density at radius 3 is 3.15 bits per heavy atom. The first kappa shape index (κ1) is 8.18. The van der Waals surface area contributed by atoms with E-state index in [0.29, 0.717) is 18.1 Å². The zero-order chi connectivity index (χ0) is 9.26. The van der Waals surface area contributed by atoms with Crippen LogP contribution in [0.25, 0.3) is 5.65 Å². The fraction of sp³-hybridized carbons (Fsp3) is 0.333. The Bertz CT molecular complexity index is 475. The van der Waals surface area contributed by atoms with Crippen molar-refractivity contribution in [2.75, 3.05) is 5.88 Å². The summed E-state index contributed by atoms with van der Waals surface area (Å²) in [6, 6.07) is 0. The zero-order valence-corrected chi connectivity index (χ0v) is 7.35. The van der Waals surface area contributed by atoms with Crippen LogP contribution in [0.15, 0.2) is 17.3 Å². The number of fused-ring (bicyclic) bond motifs is 1. The van der Waals surface area contributed by atoms with E-state index in [1.54, 1.807) is 0 Å². The Balaban J connectivity index is 2.67. The molecule has 0 atom stereocenters. The van der Waals surface area contributed by atoms with Gasteiger partial charge >= 0.3 is 5.69 Å². The summed E-state index contributed by atoms with van der Waals surface area (Å²) in [5, 5.41) is 7.45.